The zero-order valence-corrected chi connectivity index (χ0v) is 9.22. The fraction of sp³-hybridized carbons (Fsp3) is 0.333. The van der Waals surface area contributed by atoms with Gasteiger partial charge in [-0.05, 0) is 30.0 Å². The van der Waals surface area contributed by atoms with Crippen molar-refractivity contribution in [2.24, 2.45) is 0 Å². The molecule has 1 saturated carbocycles. The van der Waals surface area contributed by atoms with E-state index >= 15 is 0 Å². The van der Waals surface area contributed by atoms with Gasteiger partial charge in [0.2, 0.25) is 5.82 Å². The average molecular weight is 225 g/mol. The maximum Gasteiger partial charge on any atom is 0.204 e. The summed E-state index contributed by atoms with van der Waals surface area (Å²) in [6.45, 7) is 0. The predicted octanol–water partition coefficient (Wildman–Crippen LogP) is 1.81. The van der Waals surface area contributed by atoms with Gasteiger partial charge in [-0.1, -0.05) is 24.3 Å². The number of tetrazole rings is 1. The molecular weight excluding hydrogens is 214 g/mol. The van der Waals surface area contributed by atoms with Crippen molar-refractivity contribution < 1.29 is 0 Å². The van der Waals surface area contributed by atoms with E-state index in [1.54, 1.807) is 0 Å². The monoisotopic (exact) mass is 225 g/mol. The number of nitrogens with one attached hydrogen (secondary N) is 1. The predicted molar refractivity (Wildman–Crippen MR) is 60.8 cm³/mol. The second kappa shape index (κ2) is 3.67. The largest absolute Gasteiger partial charge is 0.204 e. The summed E-state index contributed by atoms with van der Waals surface area (Å²) in [5.74, 6) is 0.580. The maximum atomic E-state index is 9.25. The fourth-order valence-corrected chi connectivity index (χ4v) is 2.22. The summed E-state index contributed by atoms with van der Waals surface area (Å²) in [7, 11) is 0. The van der Waals surface area contributed by atoms with E-state index in [4.69, 9.17) is 0 Å². The van der Waals surface area contributed by atoms with Crippen molar-refractivity contribution in [3.63, 3.8) is 0 Å². The third-order valence-corrected chi connectivity index (χ3v) is 3.46. The molecule has 3 rings (SSSR count). The molecule has 2 aromatic rings. The van der Waals surface area contributed by atoms with Crippen LogP contribution in [0.15, 0.2) is 24.3 Å². The van der Waals surface area contributed by atoms with Gasteiger partial charge in [0.25, 0.3) is 0 Å². The highest BCUT2D eigenvalue weighted by Gasteiger charge is 2.38. The Hall–Kier alpha value is -2.22. The van der Waals surface area contributed by atoms with E-state index < -0.39 is 0 Å². The molecule has 0 aliphatic heterocycles. The molecule has 84 valence electrons. The highest BCUT2D eigenvalue weighted by molar-refractivity contribution is 5.55. The minimum absolute atomic E-state index is 0.254. The lowest BCUT2D eigenvalue weighted by Gasteiger charge is -2.35. The normalized spacial score (nSPS) is 17.1. The Morgan fingerprint density at radius 2 is 2.00 bits per heavy atom. The molecule has 5 nitrogen and oxygen atoms in total. The van der Waals surface area contributed by atoms with Crippen LogP contribution in [0.4, 0.5) is 0 Å². The molecule has 1 heterocycles. The molecule has 1 fully saturated rings. The minimum Gasteiger partial charge on any atom is -0.197 e. The molecule has 1 N–H and O–H groups in total. The Balaban J connectivity index is 1.93. The molecule has 1 aliphatic carbocycles. The Morgan fingerprint density at radius 1 is 1.24 bits per heavy atom. The molecule has 1 aromatic carbocycles. The summed E-state index contributed by atoms with van der Waals surface area (Å²) in [6.07, 6.45) is 3.07. The van der Waals surface area contributed by atoms with Gasteiger partial charge in [-0.2, -0.15) is 10.5 Å². The van der Waals surface area contributed by atoms with Gasteiger partial charge < -0.3 is 0 Å². The third kappa shape index (κ3) is 1.49. The van der Waals surface area contributed by atoms with Crippen molar-refractivity contribution >= 4 is 0 Å². The lowest BCUT2D eigenvalue weighted by atomic mass is 9.65. The molecule has 0 unspecified atom stereocenters. The van der Waals surface area contributed by atoms with E-state index in [-0.39, 0.29) is 5.41 Å². The van der Waals surface area contributed by atoms with E-state index in [1.807, 2.05) is 24.3 Å². The highest BCUT2D eigenvalue weighted by Crippen LogP contribution is 2.43. The number of rotatable bonds is 2. The van der Waals surface area contributed by atoms with Gasteiger partial charge in [0.15, 0.2) is 0 Å². The van der Waals surface area contributed by atoms with Crippen molar-refractivity contribution in [3.05, 3.63) is 29.8 Å². The zero-order chi connectivity index (χ0) is 11.7. The first-order valence-corrected chi connectivity index (χ1v) is 5.60. The quantitative estimate of drug-likeness (QED) is 0.845. The molecule has 17 heavy (non-hydrogen) atoms. The second-order valence-corrected chi connectivity index (χ2v) is 4.36. The Bertz CT molecular complexity index is 546. The summed E-state index contributed by atoms with van der Waals surface area (Å²) < 4.78 is 0. The fourth-order valence-electron chi connectivity index (χ4n) is 2.22. The zero-order valence-electron chi connectivity index (χ0n) is 9.22. The van der Waals surface area contributed by atoms with Crippen LogP contribution in [0.2, 0.25) is 0 Å². The summed E-state index contributed by atoms with van der Waals surface area (Å²) in [6, 6.07) is 10.3. The molecule has 0 spiro atoms. The SMILES string of the molecule is N#CC1(c2ccc(-c3nn[nH]n3)cc2)CCC1. The first-order chi connectivity index (χ1) is 8.34. The topological polar surface area (TPSA) is 78.2 Å². The minimum atomic E-state index is -0.254. The Kier molecular flexibility index (Phi) is 2.15. The number of nitriles is 1. The summed E-state index contributed by atoms with van der Waals surface area (Å²) >= 11 is 0. The molecule has 0 atom stereocenters. The summed E-state index contributed by atoms with van der Waals surface area (Å²) in [5.41, 5.74) is 1.75. The van der Waals surface area contributed by atoms with Crippen LogP contribution < -0.4 is 0 Å². The smallest absolute Gasteiger partial charge is 0.197 e. The van der Waals surface area contributed by atoms with E-state index in [9.17, 15) is 5.26 Å². The molecule has 1 aliphatic rings. The van der Waals surface area contributed by atoms with Crippen LogP contribution in [-0.4, -0.2) is 20.6 Å². The second-order valence-electron chi connectivity index (χ2n) is 4.36. The van der Waals surface area contributed by atoms with Crippen molar-refractivity contribution in [1.29, 1.82) is 5.26 Å². The first kappa shape index (κ1) is 9.97. The van der Waals surface area contributed by atoms with E-state index in [1.165, 1.54) is 0 Å². The lowest BCUT2D eigenvalue weighted by Crippen LogP contribution is -2.32. The summed E-state index contributed by atoms with van der Waals surface area (Å²) in [5, 5.41) is 23.0. The van der Waals surface area contributed by atoms with Crippen molar-refractivity contribution in [3.8, 4) is 17.5 Å². The van der Waals surface area contributed by atoms with Crippen molar-refractivity contribution in [2.75, 3.05) is 0 Å². The van der Waals surface area contributed by atoms with Crippen LogP contribution in [0.1, 0.15) is 24.8 Å². The van der Waals surface area contributed by atoms with Crippen LogP contribution in [0.5, 0.6) is 0 Å². The molecule has 5 heteroatoms. The maximum absolute atomic E-state index is 9.25. The standard InChI is InChI=1S/C12H11N5/c13-8-12(6-1-7-12)10-4-2-9(3-5-10)11-14-16-17-15-11/h2-5H,1,6-7H2,(H,14,15,16,17). The van der Waals surface area contributed by atoms with Gasteiger partial charge in [-0.3, -0.25) is 0 Å². The van der Waals surface area contributed by atoms with Gasteiger partial charge >= 0.3 is 0 Å². The third-order valence-electron chi connectivity index (χ3n) is 3.46. The molecule has 0 amide bonds. The van der Waals surface area contributed by atoms with Crippen LogP contribution in [-0.2, 0) is 5.41 Å². The van der Waals surface area contributed by atoms with Crippen LogP contribution >= 0.6 is 0 Å². The first-order valence-electron chi connectivity index (χ1n) is 5.60. The number of H-pyrrole nitrogens is 1. The molecular formula is C12H11N5. The van der Waals surface area contributed by atoms with Crippen LogP contribution in [0, 0.1) is 11.3 Å². The van der Waals surface area contributed by atoms with E-state index in [2.05, 4.69) is 26.7 Å². The summed E-state index contributed by atoms with van der Waals surface area (Å²) in [4.78, 5) is 0. The van der Waals surface area contributed by atoms with E-state index in [0.717, 1.165) is 30.4 Å². The number of nitrogens with zero attached hydrogens (tertiary/aromatic N) is 4. The number of aromatic amines is 1. The highest BCUT2D eigenvalue weighted by atomic mass is 15.5. The van der Waals surface area contributed by atoms with Gasteiger partial charge in [-0.25, -0.2) is 0 Å². The van der Waals surface area contributed by atoms with Gasteiger partial charge in [0.05, 0.1) is 11.5 Å². The Morgan fingerprint density at radius 3 is 2.47 bits per heavy atom. The average Bonchev–Trinajstić information content (AvgIpc) is 2.83. The van der Waals surface area contributed by atoms with Crippen molar-refractivity contribution in [2.45, 2.75) is 24.7 Å². The molecule has 0 bridgehead atoms. The van der Waals surface area contributed by atoms with Gasteiger partial charge in [0.1, 0.15) is 0 Å². The number of hydrogen-bond acceptors (Lipinski definition) is 4. The van der Waals surface area contributed by atoms with Crippen LogP contribution in [0.3, 0.4) is 0 Å². The molecule has 0 saturated heterocycles. The molecule has 0 radical (unpaired) electrons. The number of aromatic nitrogens is 4. The number of benzene rings is 1. The van der Waals surface area contributed by atoms with Crippen LogP contribution in [0.25, 0.3) is 11.4 Å². The van der Waals surface area contributed by atoms with Crippen molar-refractivity contribution in [1.82, 2.24) is 20.6 Å². The molecule has 1 aromatic heterocycles. The van der Waals surface area contributed by atoms with E-state index in [0.29, 0.717) is 5.82 Å². The van der Waals surface area contributed by atoms with Gasteiger partial charge in [0, 0.05) is 5.56 Å². The lowest BCUT2D eigenvalue weighted by molar-refractivity contribution is 0.324. The van der Waals surface area contributed by atoms with Gasteiger partial charge in [-0.15, -0.1) is 10.2 Å². The number of hydrogen-bond donors (Lipinski definition) is 1. The Labute approximate surface area is 98.5 Å².